The number of urea groups is 1. The fourth-order valence-corrected chi connectivity index (χ4v) is 1.86. The molecule has 0 aromatic carbocycles. The van der Waals surface area contributed by atoms with Crippen molar-refractivity contribution >= 4 is 11.9 Å². The third-order valence-electron chi connectivity index (χ3n) is 2.74. The molecule has 1 rings (SSSR count). The van der Waals surface area contributed by atoms with Gasteiger partial charge < -0.3 is 16.0 Å². The molecule has 3 N–H and O–H groups in total. The van der Waals surface area contributed by atoms with Crippen molar-refractivity contribution in [3.8, 4) is 12.3 Å². The molecule has 0 aromatic heterocycles. The van der Waals surface area contributed by atoms with Crippen molar-refractivity contribution in [3.05, 3.63) is 0 Å². The molecule has 0 radical (unpaired) electrons. The third kappa shape index (κ3) is 5.81. The summed E-state index contributed by atoms with van der Waals surface area (Å²) in [5, 5.41) is 7.84. The van der Waals surface area contributed by atoms with E-state index in [0.717, 1.165) is 25.7 Å². The molecule has 5 heteroatoms. The van der Waals surface area contributed by atoms with Crippen LogP contribution in [0.15, 0.2) is 0 Å². The molecule has 0 atom stereocenters. The van der Waals surface area contributed by atoms with Gasteiger partial charge in [0.15, 0.2) is 0 Å². The molecule has 1 saturated carbocycles. The Bertz CT molecular complexity index is 303. The zero-order valence-electron chi connectivity index (χ0n) is 9.92. The van der Waals surface area contributed by atoms with E-state index in [1.807, 2.05) is 0 Å². The summed E-state index contributed by atoms with van der Waals surface area (Å²) in [4.78, 5) is 22.6. The van der Waals surface area contributed by atoms with Gasteiger partial charge in [-0.15, -0.1) is 6.42 Å². The summed E-state index contributed by atoms with van der Waals surface area (Å²) >= 11 is 0. The van der Waals surface area contributed by atoms with E-state index in [4.69, 9.17) is 6.42 Å². The van der Waals surface area contributed by atoms with Gasteiger partial charge >= 0.3 is 6.03 Å². The summed E-state index contributed by atoms with van der Waals surface area (Å²) in [6.45, 7) is 0.144. The fraction of sp³-hybridized carbons (Fsp3) is 0.667. The number of hydrogen-bond donors (Lipinski definition) is 3. The highest BCUT2D eigenvalue weighted by atomic mass is 16.2. The zero-order valence-corrected chi connectivity index (χ0v) is 9.92. The molecule has 94 valence electrons. The highest BCUT2D eigenvalue weighted by Crippen LogP contribution is 2.16. The normalized spacial score (nSPS) is 15.7. The molecule has 5 nitrogen and oxygen atoms in total. The first-order valence-electron chi connectivity index (χ1n) is 5.97. The summed E-state index contributed by atoms with van der Waals surface area (Å²) in [7, 11) is 0. The van der Waals surface area contributed by atoms with Crippen LogP contribution in [0.3, 0.4) is 0 Å². The van der Waals surface area contributed by atoms with Gasteiger partial charge in [0.2, 0.25) is 5.91 Å². The van der Waals surface area contributed by atoms with Crippen molar-refractivity contribution in [1.82, 2.24) is 16.0 Å². The average Bonchev–Trinajstić information content (AvgIpc) is 2.35. The van der Waals surface area contributed by atoms with Crippen molar-refractivity contribution < 1.29 is 9.59 Å². The molecule has 1 aliphatic rings. The van der Waals surface area contributed by atoms with Crippen LogP contribution in [-0.2, 0) is 4.79 Å². The van der Waals surface area contributed by atoms with Crippen LogP contribution in [0.5, 0.6) is 0 Å². The maximum absolute atomic E-state index is 11.4. The van der Waals surface area contributed by atoms with Crippen LogP contribution >= 0.6 is 0 Å². The average molecular weight is 237 g/mol. The quantitative estimate of drug-likeness (QED) is 0.618. The van der Waals surface area contributed by atoms with E-state index < -0.39 is 0 Å². The Kier molecular flexibility index (Phi) is 5.94. The number of carbonyl (C=O) groups is 2. The molecule has 0 aliphatic heterocycles. The van der Waals surface area contributed by atoms with Crippen LogP contribution < -0.4 is 16.0 Å². The van der Waals surface area contributed by atoms with Gasteiger partial charge in [-0.25, -0.2) is 4.79 Å². The number of terminal acetylenes is 1. The smallest absolute Gasteiger partial charge is 0.315 e. The van der Waals surface area contributed by atoms with E-state index in [0.29, 0.717) is 0 Å². The first-order valence-corrected chi connectivity index (χ1v) is 5.97. The molecule has 0 unspecified atom stereocenters. The standard InChI is InChI=1S/C12H19N3O2/c1-2-8-13-11(16)9-14-12(17)15-10-6-4-3-5-7-10/h1,10H,3-9H2,(H,13,16)(H2,14,15,17). The van der Waals surface area contributed by atoms with Crippen molar-refractivity contribution in [2.45, 2.75) is 38.1 Å². The van der Waals surface area contributed by atoms with Crippen LogP contribution in [0, 0.1) is 12.3 Å². The van der Waals surface area contributed by atoms with E-state index >= 15 is 0 Å². The van der Waals surface area contributed by atoms with Gasteiger partial charge in [-0.3, -0.25) is 4.79 Å². The van der Waals surface area contributed by atoms with Crippen molar-refractivity contribution in [2.24, 2.45) is 0 Å². The van der Waals surface area contributed by atoms with Gasteiger partial charge in [-0.1, -0.05) is 25.2 Å². The minimum absolute atomic E-state index is 0.0414. The largest absolute Gasteiger partial charge is 0.344 e. The maximum atomic E-state index is 11.4. The zero-order chi connectivity index (χ0) is 12.5. The number of amides is 3. The molecular weight excluding hydrogens is 218 g/mol. The molecule has 17 heavy (non-hydrogen) atoms. The van der Waals surface area contributed by atoms with Gasteiger partial charge in [0.05, 0.1) is 13.1 Å². The summed E-state index contributed by atoms with van der Waals surface area (Å²) in [6, 6.07) is -0.0368. The summed E-state index contributed by atoms with van der Waals surface area (Å²) in [6.07, 6.45) is 10.6. The Hall–Kier alpha value is -1.70. The minimum Gasteiger partial charge on any atom is -0.344 e. The molecule has 3 amide bonds. The lowest BCUT2D eigenvalue weighted by molar-refractivity contribution is -0.119. The van der Waals surface area contributed by atoms with Crippen molar-refractivity contribution in [2.75, 3.05) is 13.1 Å². The molecule has 0 aromatic rings. The van der Waals surface area contributed by atoms with Crippen LogP contribution in [0.4, 0.5) is 4.79 Å². The van der Waals surface area contributed by atoms with Gasteiger partial charge in [-0.2, -0.15) is 0 Å². The lowest BCUT2D eigenvalue weighted by Crippen LogP contribution is -2.46. The Morgan fingerprint density at radius 3 is 2.53 bits per heavy atom. The molecular formula is C12H19N3O2. The minimum atomic E-state index is -0.284. The summed E-state index contributed by atoms with van der Waals surface area (Å²) in [5.41, 5.74) is 0. The van der Waals surface area contributed by atoms with Gasteiger partial charge in [0.1, 0.15) is 0 Å². The number of carbonyl (C=O) groups excluding carboxylic acids is 2. The Balaban J connectivity index is 2.12. The maximum Gasteiger partial charge on any atom is 0.315 e. The van der Waals surface area contributed by atoms with Crippen molar-refractivity contribution in [3.63, 3.8) is 0 Å². The second-order valence-electron chi connectivity index (χ2n) is 4.14. The van der Waals surface area contributed by atoms with Gasteiger partial charge in [0, 0.05) is 6.04 Å². The predicted octanol–water partition coefficient (Wildman–Crippen LogP) is 0.368. The number of nitrogens with one attached hydrogen (secondary N) is 3. The second kappa shape index (κ2) is 7.55. The highest BCUT2D eigenvalue weighted by molar-refractivity contribution is 5.84. The van der Waals surface area contributed by atoms with Crippen LogP contribution in [0.25, 0.3) is 0 Å². The van der Waals surface area contributed by atoms with Crippen LogP contribution in [-0.4, -0.2) is 31.1 Å². The molecule has 0 spiro atoms. The van der Waals surface area contributed by atoms with Crippen LogP contribution in [0.2, 0.25) is 0 Å². The number of hydrogen-bond acceptors (Lipinski definition) is 2. The second-order valence-corrected chi connectivity index (χ2v) is 4.14. The molecule has 0 saturated heterocycles. The topological polar surface area (TPSA) is 70.2 Å². The van der Waals surface area contributed by atoms with E-state index in [1.54, 1.807) is 0 Å². The van der Waals surface area contributed by atoms with Crippen LogP contribution in [0.1, 0.15) is 32.1 Å². The monoisotopic (exact) mass is 237 g/mol. The first kappa shape index (κ1) is 13.4. The lowest BCUT2D eigenvalue weighted by atomic mass is 9.96. The van der Waals surface area contributed by atoms with E-state index in [1.165, 1.54) is 6.42 Å². The molecule has 0 heterocycles. The highest BCUT2D eigenvalue weighted by Gasteiger charge is 2.15. The SMILES string of the molecule is C#CCNC(=O)CNC(=O)NC1CCCCC1. The molecule has 1 fully saturated rings. The predicted molar refractivity (Wildman–Crippen MR) is 65.3 cm³/mol. The van der Waals surface area contributed by atoms with E-state index in [9.17, 15) is 9.59 Å². The van der Waals surface area contributed by atoms with Gasteiger partial charge in [0.25, 0.3) is 0 Å². The third-order valence-corrected chi connectivity index (χ3v) is 2.74. The van der Waals surface area contributed by atoms with E-state index in [2.05, 4.69) is 21.9 Å². The molecule has 1 aliphatic carbocycles. The summed E-state index contributed by atoms with van der Waals surface area (Å²) < 4.78 is 0. The Labute approximate surface area is 102 Å². The Morgan fingerprint density at radius 2 is 1.88 bits per heavy atom. The lowest BCUT2D eigenvalue weighted by Gasteiger charge is -2.22. The summed E-state index contributed by atoms with van der Waals surface area (Å²) in [5.74, 6) is 2.02. The van der Waals surface area contributed by atoms with E-state index in [-0.39, 0.29) is 31.1 Å². The first-order chi connectivity index (χ1) is 8.22. The number of rotatable bonds is 4. The van der Waals surface area contributed by atoms with Crippen molar-refractivity contribution in [1.29, 1.82) is 0 Å². The molecule has 0 bridgehead atoms. The van der Waals surface area contributed by atoms with Gasteiger partial charge in [-0.05, 0) is 12.8 Å². The Morgan fingerprint density at radius 1 is 1.18 bits per heavy atom. The fourth-order valence-electron chi connectivity index (χ4n) is 1.86.